The molecule has 1 amide bonds. The minimum absolute atomic E-state index is 0.0152. The molecule has 0 radical (unpaired) electrons. The molecule has 1 N–H and O–H groups in total. The Morgan fingerprint density at radius 1 is 1.28 bits per heavy atom. The number of aryl methyl sites for hydroxylation is 1. The van der Waals surface area contributed by atoms with E-state index in [0.717, 1.165) is 17.1 Å². The number of nitrogens with zero attached hydrogens (tertiary/aromatic N) is 3. The van der Waals surface area contributed by atoms with E-state index in [4.69, 9.17) is 0 Å². The lowest BCUT2D eigenvalue weighted by atomic mass is 10.1. The molecule has 5 nitrogen and oxygen atoms in total. The molecule has 0 atom stereocenters. The Balaban J connectivity index is 2.16. The van der Waals surface area contributed by atoms with Crippen molar-refractivity contribution < 1.29 is 4.79 Å². The number of amides is 1. The first-order valence-electron chi connectivity index (χ1n) is 5.83. The second-order valence-corrected chi connectivity index (χ2v) is 4.49. The fourth-order valence-corrected chi connectivity index (χ4v) is 1.53. The van der Waals surface area contributed by atoms with E-state index in [1.165, 1.54) is 0 Å². The summed E-state index contributed by atoms with van der Waals surface area (Å²) in [6.45, 7) is 3.73. The highest BCUT2D eigenvalue weighted by Crippen LogP contribution is 2.18. The third-order valence-corrected chi connectivity index (χ3v) is 2.65. The molecule has 0 saturated carbocycles. The molecule has 1 heterocycles. The van der Waals surface area contributed by atoms with E-state index < -0.39 is 0 Å². The van der Waals surface area contributed by atoms with E-state index in [-0.39, 0.29) is 11.8 Å². The van der Waals surface area contributed by atoms with Crippen molar-refractivity contribution >= 4 is 11.6 Å². The van der Waals surface area contributed by atoms with E-state index in [1.54, 1.807) is 6.33 Å². The number of benzene rings is 1. The van der Waals surface area contributed by atoms with Crippen LogP contribution in [-0.4, -0.2) is 20.7 Å². The van der Waals surface area contributed by atoms with Crippen molar-refractivity contribution in [3.8, 4) is 11.4 Å². The molecule has 18 heavy (non-hydrogen) atoms. The molecule has 2 rings (SSSR count). The molecular weight excluding hydrogens is 228 g/mol. The molecule has 0 bridgehead atoms. The van der Waals surface area contributed by atoms with Crippen LogP contribution in [0.25, 0.3) is 11.4 Å². The highest BCUT2D eigenvalue weighted by Gasteiger charge is 2.08. The molecule has 1 aromatic carbocycles. The SMILES string of the molecule is CC(C)C(=O)Nc1ccc(-c2nncn2C)cc1. The van der Waals surface area contributed by atoms with Crippen molar-refractivity contribution in [3.05, 3.63) is 30.6 Å². The minimum Gasteiger partial charge on any atom is -0.326 e. The summed E-state index contributed by atoms with van der Waals surface area (Å²) in [6, 6.07) is 7.56. The molecule has 0 aliphatic heterocycles. The fourth-order valence-electron chi connectivity index (χ4n) is 1.53. The lowest BCUT2D eigenvalue weighted by Crippen LogP contribution is -2.17. The second-order valence-electron chi connectivity index (χ2n) is 4.49. The number of anilines is 1. The van der Waals surface area contributed by atoms with Crippen LogP contribution in [0.1, 0.15) is 13.8 Å². The molecular formula is C13H16N4O. The summed E-state index contributed by atoms with van der Waals surface area (Å²) in [4.78, 5) is 11.5. The number of carbonyl (C=O) groups excluding carboxylic acids is 1. The molecule has 0 fully saturated rings. The normalized spacial score (nSPS) is 10.7. The third kappa shape index (κ3) is 2.56. The monoisotopic (exact) mass is 244 g/mol. The summed E-state index contributed by atoms with van der Waals surface area (Å²) in [5.74, 6) is 0.793. The van der Waals surface area contributed by atoms with Gasteiger partial charge in [0.1, 0.15) is 6.33 Å². The lowest BCUT2D eigenvalue weighted by Gasteiger charge is -2.08. The minimum atomic E-state index is -0.0246. The fraction of sp³-hybridized carbons (Fsp3) is 0.308. The highest BCUT2D eigenvalue weighted by molar-refractivity contribution is 5.92. The average Bonchev–Trinajstić information content (AvgIpc) is 2.76. The number of rotatable bonds is 3. The number of hydrogen-bond acceptors (Lipinski definition) is 3. The first-order valence-corrected chi connectivity index (χ1v) is 5.83. The Morgan fingerprint density at radius 2 is 1.94 bits per heavy atom. The van der Waals surface area contributed by atoms with Crippen molar-refractivity contribution in [1.29, 1.82) is 0 Å². The molecule has 94 valence electrons. The van der Waals surface area contributed by atoms with E-state index in [1.807, 2.05) is 49.7 Å². The van der Waals surface area contributed by atoms with Crippen molar-refractivity contribution in [1.82, 2.24) is 14.8 Å². The smallest absolute Gasteiger partial charge is 0.226 e. The van der Waals surface area contributed by atoms with Gasteiger partial charge in [-0.05, 0) is 24.3 Å². The van der Waals surface area contributed by atoms with Crippen LogP contribution in [-0.2, 0) is 11.8 Å². The second kappa shape index (κ2) is 5.00. The Morgan fingerprint density at radius 3 is 2.44 bits per heavy atom. The topological polar surface area (TPSA) is 59.8 Å². The van der Waals surface area contributed by atoms with Crippen LogP contribution in [0.3, 0.4) is 0 Å². The van der Waals surface area contributed by atoms with Crippen molar-refractivity contribution in [2.75, 3.05) is 5.32 Å². The number of nitrogens with one attached hydrogen (secondary N) is 1. The van der Waals surface area contributed by atoms with Gasteiger partial charge in [-0.1, -0.05) is 13.8 Å². The highest BCUT2D eigenvalue weighted by atomic mass is 16.1. The zero-order chi connectivity index (χ0) is 13.1. The third-order valence-electron chi connectivity index (χ3n) is 2.65. The van der Waals surface area contributed by atoms with Crippen LogP contribution in [0, 0.1) is 5.92 Å². The zero-order valence-corrected chi connectivity index (χ0v) is 10.7. The summed E-state index contributed by atoms with van der Waals surface area (Å²) in [5, 5.41) is 10.7. The first kappa shape index (κ1) is 12.3. The Kier molecular flexibility index (Phi) is 3.41. The molecule has 0 saturated heterocycles. The maximum atomic E-state index is 11.5. The van der Waals surface area contributed by atoms with Gasteiger partial charge in [-0.3, -0.25) is 4.79 Å². The van der Waals surface area contributed by atoms with Gasteiger partial charge in [0.25, 0.3) is 0 Å². The molecule has 0 aliphatic rings. The predicted octanol–water partition coefficient (Wildman–Crippen LogP) is 2.08. The average molecular weight is 244 g/mol. The number of aromatic nitrogens is 3. The Bertz CT molecular complexity index is 542. The van der Waals surface area contributed by atoms with Gasteiger partial charge in [0, 0.05) is 24.2 Å². The predicted molar refractivity (Wildman–Crippen MR) is 69.9 cm³/mol. The quantitative estimate of drug-likeness (QED) is 0.899. The zero-order valence-electron chi connectivity index (χ0n) is 10.7. The maximum absolute atomic E-state index is 11.5. The van der Waals surface area contributed by atoms with Gasteiger partial charge in [-0.2, -0.15) is 0 Å². The Hall–Kier alpha value is -2.17. The molecule has 0 spiro atoms. The van der Waals surface area contributed by atoms with Crippen molar-refractivity contribution in [3.63, 3.8) is 0 Å². The largest absolute Gasteiger partial charge is 0.326 e. The van der Waals surface area contributed by atoms with Gasteiger partial charge in [-0.25, -0.2) is 0 Å². The Labute approximate surface area is 106 Å². The van der Waals surface area contributed by atoms with Crippen LogP contribution in [0.5, 0.6) is 0 Å². The number of carbonyl (C=O) groups is 1. The molecule has 0 unspecified atom stereocenters. The van der Waals surface area contributed by atoms with Gasteiger partial charge in [0.2, 0.25) is 5.91 Å². The first-order chi connectivity index (χ1) is 8.58. The van der Waals surface area contributed by atoms with E-state index in [2.05, 4.69) is 15.5 Å². The molecule has 1 aromatic heterocycles. The summed E-state index contributed by atoms with van der Waals surface area (Å²) < 4.78 is 1.85. The van der Waals surface area contributed by atoms with Crippen LogP contribution in [0.4, 0.5) is 5.69 Å². The van der Waals surface area contributed by atoms with E-state index >= 15 is 0 Å². The van der Waals surface area contributed by atoms with Crippen LogP contribution < -0.4 is 5.32 Å². The molecule has 5 heteroatoms. The maximum Gasteiger partial charge on any atom is 0.226 e. The van der Waals surface area contributed by atoms with Gasteiger partial charge in [-0.15, -0.1) is 10.2 Å². The van der Waals surface area contributed by atoms with E-state index in [9.17, 15) is 4.79 Å². The van der Waals surface area contributed by atoms with Gasteiger partial charge < -0.3 is 9.88 Å². The number of hydrogen-bond donors (Lipinski definition) is 1. The van der Waals surface area contributed by atoms with Crippen LogP contribution >= 0.6 is 0 Å². The van der Waals surface area contributed by atoms with Gasteiger partial charge in [0.15, 0.2) is 5.82 Å². The molecule has 0 aliphatic carbocycles. The summed E-state index contributed by atoms with van der Waals surface area (Å²) in [5.41, 5.74) is 1.76. The van der Waals surface area contributed by atoms with Gasteiger partial charge >= 0.3 is 0 Å². The van der Waals surface area contributed by atoms with Crippen molar-refractivity contribution in [2.45, 2.75) is 13.8 Å². The summed E-state index contributed by atoms with van der Waals surface area (Å²) in [7, 11) is 1.89. The van der Waals surface area contributed by atoms with Crippen molar-refractivity contribution in [2.24, 2.45) is 13.0 Å². The lowest BCUT2D eigenvalue weighted by molar-refractivity contribution is -0.118. The van der Waals surface area contributed by atoms with Crippen LogP contribution in [0.2, 0.25) is 0 Å². The molecule has 2 aromatic rings. The van der Waals surface area contributed by atoms with Gasteiger partial charge in [0.05, 0.1) is 0 Å². The summed E-state index contributed by atoms with van der Waals surface area (Å²) >= 11 is 0. The van der Waals surface area contributed by atoms with E-state index in [0.29, 0.717) is 0 Å². The standard InChI is InChI=1S/C13H16N4O/c1-9(2)13(18)15-11-6-4-10(5-7-11)12-16-14-8-17(12)3/h4-9H,1-3H3,(H,15,18). The van der Waals surface area contributed by atoms with Crippen LogP contribution in [0.15, 0.2) is 30.6 Å². The summed E-state index contributed by atoms with van der Waals surface area (Å²) in [6.07, 6.45) is 1.66.